The van der Waals surface area contributed by atoms with Crippen molar-refractivity contribution in [2.75, 3.05) is 5.32 Å². The van der Waals surface area contributed by atoms with Crippen molar-refractivity contribution < 1.29 is 9.72 Å². The zero-order valence-corrected chi connectivity index (χ0v) is 13.6. The molecule has 0 saturated carbocycles. The van der Waals surface area contributed by atoms with Crippen molar-refractivity contribution in [1.82, 2.24) is 9.78 Å². The molecule has 0 fully saturated rings. The average molecular weight is 400 g/mol. The summed E-state index contributed by atoms with van der Waals surface area (Å²) in [6.07, 6.45) is 0. The van der Waals surface area contributed by atoms with Gasteiger partial charge in [-0.3, -0.25) is 19.6 Å². The Morgan fingerprint density at radius 1 is 1.48 bits per heavy atom. The molecule has 0 spiro atoms. The number of carbonyl (C=O) groups is 1. The van der Waals surface area contributed by atoms with Gasteiger partial charge in [0.25, 0.3) is 0 Å². The van der Waals surface area contributed by atoms with E-state index in [-0.39, 0.29) is 18.1 Å². The molecule has 7 nitrogen and oxygen atoms in total. The van der Waals surface area contributed by atoms with Gasteiger partial charge in [0, 0.05) is 9.26 Å². The van der Waals surface area contributed by atoms with E-state index in [1.807, 2.05) is 18.2 Å². The normalized spacial score (nSPS) is 10.4. The molecule has 1 heterocycles. The Hall–Kier alpha value is -1.97. The zero-order chi connectivity index (χ0) is 15.6. The van der Waals surface area contributed by atoms with E-state index < -0.39 is 4.92 Å². The maximum atomic E-state index is 12.0. The average Bonchev–Trinajstić information content (AvgIpc) is 2.64. The van der Waals surface area contributed by atoms with Crippen LogP contribution in [0.5, 0.6) is 0 Å². The molecule has 1 amide bonds. The summed E-state index contributed by atoms with van der Waals surface area (Å²) in [4.78, 5) is 22.4. The van der Waals surface area contributed by atoms with Gasteiger partial charge in [-0.15, -0.1) is 0 Å². The van der Waals surface area contributed by atoms with Crippen LogP contribution in [-0.4, -0.2) is 20.6 Å². The lowest BCUT2D eigenvalue weighted by Crippen LogP contribution is -2.20. The molecule has 1 aromatic heterocycles. The van der Waals surface area contributed by atoms with E-state index in [0.717, 1.165) is 3.57 Å². The Labute approximate surface area is 134 Å². The second-order valence-corrected chi connectivity index (χ2v) is 5.74. The largest absolute Gasteiger partial charge is 0.324 e. The van der Waals surface area contributed by atoms with Gasteiger partial charge in [-0.1, -0.05) is 6.07 Å². The summed E-state index contributed by atoms with van der Waals surface area (Å²) in [6, 6.07) is 7.37. The second kappa shape index (κ2) is 6.20. The molecule has 0 unspecified atom stereocenters. The number of aryl methyl sites for hydroxylation is 1. The monoisotopic (exact) mass is 400 g/mol. The third-order valence-electron chi connectivity index (χ3n) is 2.93. The van der Waals surface area contributed by atoms with E-state index >= 15 is 0 Å². The summed E-state index contributed by atoms with van der Waals surface area (Å²) in [7, 11) is 0. The molecule has 0 atom stereocenters. The molecule has 2 aromatic rings. The van der Waals surface area contributed by atoms with Crippen molar-refractivity contribution in [2.45, 2.75) is 20.4 Å². The first kappa shape index (κ1) is 15.4. The van der Waals surface area contributed by atoms with Crippen LogP contribution in [0.15, 0.2) is 24.3 Å². The highest BCUT2D eigenvalue weighted by Gasteiger charge is 2.22. The van der Waals surface area contributed by atoms with Gasteiger partial charge in [-0.05, 0) is 54.6 Å². The van der Waals surface area contributed by atoms with Crippen LogP contribution in [-0.2, 0) is 11.3 Å². The third kappa shape index (κ3) is 3.57. The van der Waals surface area contributed by atoms with Crippen LogP contribution in [0.3, 0.4) is 0 Å². The molecule has 0 aliphatic carbocycles. The predicted molar refractivity (Wildman–Crippen MR) is 86.1 cm³/mol. The highest BCUT2D eigenvalue weighted by Crippen LogP contribution is 2.21. The van der Waals surface area contributed by atoms with Crippen molar-refractivity contribution in [3.63, 3.8) is 0 Å². The van der Waals surface area contributed by atoms with Crippen LogP contribution in [0.2, 0.25) is 0 Å². The molecule has 21 heavy (non-hydrogen) atoms. The van der Waals surface area contributed by atoms with Crippen molar-refractivity contribution in [2.24, 2.45) is 0 Å². The van der Waals surface area contributed by atoms with Crippen LogP contribution in [0, 0.1) is 27.5 Å². The van der Waals surface area contributed by atoms with Gasteiger partial charge in [0.1, 0.15) is 17.9 Å². The Balaban J connectivity index is 2.13. The Morgan fingerprint density at radius 3 is 2.76 bits per heavy atom. The lowest BCUT2D eigenvalue weighted by molar-refractivity contribution is -0.386. The first-order chi connectivity index (χ1) is 9.88. The highest BCUT2D eigenvalue weighted by molar-refractivity contribution is 14.1. The minimum absolute atomic E-state index is 0.0444. The molecule has 1 N–H and O–H groups in total. The fraction of sp³-hybridized carbons (Fsp3) is 0.231. The number of nitrogens with one attached hydrogen (secondary N) is 1. The van der Waals surface area contributed by atoms with Crippen LogP contribution in [0.4, 0.5) is 11.4 Å². The topological polar surface area (TPSA) is 90.1 Å². The summed E-state index contributed by atoms with van der Waals surface area (Å²) in [5.74, 6) is -0.280. The number of amides is 1. The van der Waals surface area contributed by atoms with Crippen molar-refractivity contribution in [1.29, 1.82) is 0 Å². The van der Waals surface area contributed by atoms with E-state index in [4.69, 9.17) is 0 Å². The van der Waals surface area contributed by atoms with Gasteiger partial charge in [-0.25, -0.2) is 0 Å². The molecule has 0 saturated heterocycles. The molecular weight excluding hydrogens is 387 g/mol. The Morgan fingerprint density at radius 2 is 2.19 bits per heavy atom. The standard InChI is InChI=1S/C13H13IN4O3/c1-8-13(18(20)21)9(2)17(16-8)7-12(19)15-11-5-3-4-10(14)6-11/h3-6H,7H2,1-2H3,(H,15,19). The maximum Gasteiger partial charge on any atom is 0.312 e. The maximum absolute atomic E-state index is 12.0. The number of aromatic nitrogens is 2. The van der Waals surface area contributed by atoms with Gasteiger partial charge in [0.05, 0.1) is 4.92 Å². The summed E-state index contributed by atoms with van der Waals surface area (Å²) in [6.45, 7) is 3.07. The van der Waals surface area contributed by atoms with E-state index in [0.29, 0.717) is 17.1 Å². The highest BCUT2D eigenvalue weighted by atomic mass is 127. The Bertz CT molecular complexity index is 711. The SMILES string of the molecule is Cc1nn(CC(=O)Nc2cccc(I)c2)c(C)c1[N+](=O)[O-]. The third-order valence-corrected chi connectivity index (χ3v) is 3.60. The van der Waals surface area contributed by atoms with E-state index in [2.05, 4.69) is 33.0 Å². The van der Waals surface area contributed by atoms with Gasteiger partial charge in [0.2, 0.25) is 5.91 Å². The number of nitrogens with zero attached hydrogens (tertiary/aromatic N) is 3. The molecule has 0 aliphatic heterocycles. The number of hydrogen-bond acceptors (Lipinski definition) is 4. The Kier molecular flexibility index (Phi) is 4.56. The van der Waals surface area contributed by atoms with Crippen LogP contribution in [0.25, 0.3) is 0 Å². The summed E-state index contributed by atoms with van der Waals surface area (Å²) < 4.78 is 2.35. The van der Waals surface area contributed by atoms with E-state index in [1.54, 1.807) is 19.9 Å². The van der Waals surface area contributed by atoms with E-state index in [9.17, 15) is 14.9 Å². The van der Waals surface area contributed by atoms with Gasteiger partial charge in [-0.2, -0.15) is 5.10 Å². The first-order valence-corrected chi connectivity index (χ1v) is 7.20. The minimum Gasteiger partial charge on any atom is -0.324 e. The smallest absolute Gasteiger partial charge is 0.312 e. The molecular formula is C13H13IN4O3. The molecule has 2 rings (SSSR count). The summed E-state index contributed by atoms with van der Waals surface area (Å²) >= 11 is 2.15. The number of carbonyl (C=O) groups excluding carboxylic acids is 1. The van der Waals surface area contributed by atoms with Gasteiger partial charge in [0.15, 0.2) is 0 Å². The molecule has 8 heteroatoms. The lowest BCUT2D eigenvalue weighted by atomic mass is 10.3. The fourth-order valence-corrected chi connectivity index (χ4v) is 2.55. The predicted octanol–water partition coefficient (Wildman–Crippen LogP) is 2.65. The zero-order valence-electron chi connectivity index (χ0n) is 11.5. The second-order valence-electron chi connectivity index (χ2n) is 4.49. The molecule has 0 aliphatic rings. The molecule has 110 valence electrons. The fourth-order valence-electron chi connectivity index (χ4n) is 2.01. The summed E-state index contributed by atoms with van der Waals surface area (Å²) in [5, 5.41) is 17.7. The van der Waals surface area contributed by atoms with Crippen molar-refractivity contribution in [3.8, 4) is 0 Å². The first-order valence-electron chi connectivity index (χ1n) is 6.12. The number of benzene rings is 1. The van der Waals surface area contributed by atoms with Gasteiger partial charge < -0.3 is 5.32 Å². The number of rotatable bonds is 4. The minimum atomic E-state index is -0.481. The number of anilines is 1. The number of hydrogen-bond donors (Lipinski definition) is 1. The molecule has 0 bridgehead atoms. The quantitative estimate of drug-likeness (QED) is 0.486. The lowest BCUT2D eigenvalue weighted by Gasteiger charge is -2.06. The number of nitro groups is 1. The van der Waals surface area contributed by atoms with Crippen LogP contribution >= 0.6 is 22.6 Å². The molecule has 0 radical (unpaired) electrons. The van der Waals surface area contributed by atoms with Crippen LogP contribution < -0.4 is 5.32 Å². The van der Waals surface area contributed by atoms with Crippen molar-refractivity contribution in [3.05, 3.63) is 49.3 Å². The van der Waals surface area contributed by atoms with Crippen molar-refractivity contribution >= 4 is 39.9 Å². The van der Waals surface area contributed by atoms with E-state index in [1.165, 1.54) is 4.68 Å². The van der Waals surface area contributed by atoms with Crippen LogP contribution in [0.1, 0.15) is 11.4 Å². The van der Waals surface area contributed by atoms with Gasteiger partial charge >= 0.3 is 5.69 Å². The molecule has 1 aromatic carbocycles. The summed E-state index contributed by atoms with van der Waals surface area (Å²) in [5.41, 5.74) is 1.31. The number of halogens is 1.